The molecule has 0 bridgehead atoms. The highest BCUT2D eigenvalue weighted by atomic mass is 16.7. The molecule has 1 N–H and O–H groups in total. The first kappa shape index (κ1) is 24.5. The molecule has 1 aliphatic heterocycles. The van der Waals surface area contributed by atoms with Crippen molar-refractivity contribution in [3.8, 4) is 28.7 Å². The molecule has 3 rings (SSSR count). The summed E-state index contributed by atoms with van der Waals surface area (Å²) in [5.41, 5.74) is 1.38. The lowest BCUT2D eigenvalue weighted by Crippen LogP contribution is -2.25. The van der Waals surface area contributed by atoms with E-state index in [1.165, 1.54) is 21.3 Å². The first-order valence-electron chi connectivity index (χ1n) is 10.4. The molecule has 0 spiro atoms. The summed E-state index contributed by atoms with van der Waals surface area (Å²) in [5, 5.41) is 11.1. The lowest BCUT2D eigenvalue weighted by molar-refractivity contribution is -0.144. The zero-order valence-electron chi connectivity index (χ0n) is 19.5. The summed E-state index contributed by atoms with van der Waals surface area (Å²) in [6.45, 7) is 0.214. The van der Waals surface area contributed by atoms with Gasteiger partial charge in [0.25, 0.3) is 0 Å². The van der Waals surface area contributed by atoms with Crippen molar-refractivity contribution in [1.82, 2.24) is 0 Å². The second kappa shape index (κ2) is 11.1. The van der Waals surface area contributed by atoms with E-state index in [0.717, 1.165) is 5.56 Å². The Balaban J connectivity index is 1.87. The van der Waals surface area contributed by atoms with Gasteiger partial charge in [-0.25, -0.2) is 0 Å². The van der Waals surface area contributed by atoms with Gasteiger partial charge in [0.15, 0.2) is 29.8 Å². The highest BCUT2D eigenvalue weighted by Gasteiger charge is 2.42. The molecule has 0 radical (unpaired) electrons. The van der Waals surface area contributed by atoms with Crippen molar-refractivity contribution in [3.05, 3.63) is 41.5 Å². The third kappa shape index (κ3) is 5.26. The van der Waals surface area contributed by atoms with Crippen LogP contribution in [-0.4, -0.2) is 60.0 Å². The lowest BCUT2D eigenvalue weighted by Gasteiger charge is -2.23. The molecule has 2 aromatic carbocycles. The Labute approximate surface area is 193 Å². The molecule has 9 heteroatoms. The summed E-state index contributed by atoms with van der Waals surface area (Å²) in [4.78, 5) is 12.6. The van der Waals surface area contributed by atoms with Crippen molar-refractivity contribution in [2.45, 2.75) is 12.5 Å². The van der Waals surface area contributed by atoms with Gasteiger partial charge in [-0.1, -0.05) is 6.07 Å². The van der Waals surface area contributed by atoms with Gasteiger partial charge in [-0.05, 0) is 41.8 Å². The quantitative estimate of drug-likeness (QED) is 0.399. The van der Waals surface area contributed by atoms with E-state index < -0.39 is 18.0 Å². The Bertz CT molecular complexity index is 934. The molecule has 3 atom stereocenters. The van der Waals surface area contributed by atoms with Gasteiger partial charge >= 0.3 is 5.97 Å². The fourth-order valence-electron chi connectivity index (χ4n) is 4.03. The summed E-state index contributed by atoms with van der Waals surface area (Å²) in [7, 11) is 7.65. The van der Waals surface area contributed by atoms with E-state index in [0.29, 0.717) is 40.7 Å². The zero-order valence-corrected chi connectivity index (χ0v) is 19.5. The highest BCUT2D eigenvalue weighted by molar-refractivity contribution is 5.76. The number of benzene rings is 2. The number of hydrogen-bond acceptors (Lipinski definition) is 9. The molecular formula is C24H30O9. The molecular weight excluding hydrogens is 432 g/mol. The fraction of sp³-hybridized carbons (Fsp3) is 0.458. The van der Waals surface area contributed by atoms with Gasteiger partial charge in [0.1, 0.15) is 0 Å². The molecule has 180 valence electrons. The number of esters is 1. The number of aliphatic hydroxyl groups excluding tert-OH is 1. The Hall–Kier alpha value is -3.17. The van der Waals surface area contributed by atoms with Crippen molar-refractivity contribution in [2.24, 2.45) is 11.8 Å². The van der Waals surface area contributed by atoms with Crippen LogP contribution < -0.4 is 23.7 Å². The molecule has 0 saturated carbocycles. The van der Waals surface area contributed by atoms with Crippen molar-refractivity contribution in [3.63, 3.8) is 0 Å². The summed E-state index contributed by atoms with van der Waals surface area (Å²) in [5.74, 6) is 0.951. The maximum absolute atomic E-state index is 12.6. The van der Waals surface area contributed by atoms with E-state index in [1.54, 1.807) is 32.4 Å². The molecule has 0 aromatic heterocycles. The molecule has 0 amide bonds. The van der Waals surface area contributed by atoms with Crippen molar-refractivity contribution < 1.29 is 43.1 Å². The van der Waals surface area contributed by atoms with Crippen LogP contribution in [0.2, 0.25) is 0 Å². The smallest absolute Gasteiger partial charge is 0.312 e. The zero-order chi connectivity index (χ0) is 24.0. The molecule has 1 saturated heterocycles. The molecule has 1 fully saturated rings. The van der Waals surface area contributed by atoms with Crippen LogP contribution in [0.4, 0.5) is 0 Å². The molecule has 9 nitrogen and oxygen atoms in total. The topological polar surface area (TPSA) is 102 Å². The first-order valence-corrected chi connectivity index (χ1v) is 10.4. The van der Waals surface area contributed by atoms with E-state index in [4.69, 9.17) is 33.2 Å². The first-order chi connectivity index (χ1) is 16.0. The Morgan fingerprint density at radius 3 is 2.18 bits per heavy atom. The number of rotatable bonds is 11. The van der Waals surface area contributed by atoms with Crippen LogP contribution >= 0.6 is 0 Å². The van der Waals surface area contributed by atoms with Gasteiger partial charge in [0.05, 0.1) is 47.1 Å². The van der Waals surface area contributed by atoms with E-state index >= 15 is 0 Å². The minimum Gasteiger partial charge on any atom is -0.493 e. The van der Waals surface area contributed by atoms with Crippen molar-refractivity contribution in [1.29, 1.82) is 0 Å². The summed E-state index contributed by atoms with van der Waals surface area (Å²) in [6.07, 6.45) is -0.629. The van der Waals surface area contributed by atoms with E-state index in [1.807, 2.05) is 12.1 Å². The molecule has 0 aliphatic carbocycles. The second-order valence-corrected chi connectivity index (χ2v) is 7.56. The third-order valence-electron chi connectivity index (χ3n) is 5.64. The van der Waals surface area contributed by atoms with Crippen LogP contribution in [0, 0.1) is 11.8 Å². The van der Waals surface area contributed by atoms with Crippen LogP contribution in [-0.2, 0) is 20.7 Å². The number of ether oxygens (including phenoxy) is 7. The molecule has 1 aliphatic rings. The second-order valence-electron chi connectivity index (χ2n) is 7.56. The Morgan fingerprint density at radius 1 is 0.939 bits per heavy atom. The number of carbonyl (C=O) groups excluding carboxylic acids is 1. The van der Waals surface area contributed by atoms with E-state index in [2.05, 4.69) is 0 Å². The number of aliphatic hydroxyl groups is 1. The normalized spacial score (nSPS) is 18.4. The van der Waals surface area contributed by atoms with Crippen molar-refractivity contribution >= 4 is 5.97 Å². The third-order valence-corrected chi connectivity index (χ3v) is 5.64. The lowest BCUT2D eigenvalue weighted by atomic mass is 9.83. The Morgan fingerprint density at radius 2 is 1.61 bits per heavy atom. The minimum atomic E-state index is -1.09. The number of carbonyl (C=O) groups is 1. The predicted molar refractivity (Wildman–Crippen MR) is 118 cm³/mol. The largest absolute Gasteiger partial charge is 0.493 e. The summed E-state index contributed by atoms with van der Waals surface area (Å²) < 4.78 is 37.4. The molecule has 0 unspecified atom stereocenters. The van der Waals surface area contributed by atoms with Crippen LogP contribution in [0.15, 0.2) is 30.3 Å². The number of hydrogen-bond donors (Lipinski definition) is 1. The number of cyclic esters (lactones) is 1. The summed E-state index contributed by atoms with van der Waals surface area (Å²) >= 11 is 0. The van der Waals surface area contributed by atoms with Gasteiger partial charge < -0.3 is 38.3 Å². The van der Waals surface area contributed by atoms with E-state index in [-0.39, 0.29) is 19.3 Å². The standard InChI is InChI=1S/C24H30O9/c1-27-13-33-18-11-15(6-7-17(18)28-2)22(25)21-16(12-32-24(21)26)8-14-9-19(29-3)23(31-5)20(10-14)30-4/h6-7,9-11,16,21-22,25H,8,12-13H2,1-5H3/t16-,21-,22-/m0/s1. The Kier molecular flexibility index (Phi) is 8.24. The van der Waals surface area contributed by atoms with Gasteiger partial charge in [-0.2, -0.15) is 0 Å². The minimum absolute atomic E-state index is 0.0190. The fourth-order valence-corrected chi connectivity index (χ4v) is 4.03. The van der Waals surface area contributed by atoms with Crippen LogP contribution in [0.1, 0.15) is 17.2 Å². The average molecular weight is 462 g/mol. The van der Waals surface area contributed by atoms with Crippen LogP contribution in [0.3, 0.4) is 0 Å². The van der Waals surface area contributed by atoms with Gasteiger partial charge in [0, 0.05) is 13.0 Å². The predicted octanol–water partition coefficient (Wildman–Crippen LogP) is 2.77. The highest BCUT2D eigenvalue weighted by Crippen LogP contribution is 2.42. The molecule has 2 aromatic rings. The maximum Gasteiger partial charge on any atom is 0.312 e. The van der Waals surface area contributed by atoms with Gasteiger partial charge in [-0.15, -0.1) is 0 Å². The average Bonchev–Trinajstić information content (AvgIpc) is 3.20. The molecule has 1 heterocycles. The van der Waals surface area contributed by atoms with Crippen molar-refractivity contribution in [2.75, 3.05) is 48.9 Å². The van der Waals surface area contributed by atoms with E-state index in [9.17, 15) is 9.90 Å². The van der Waals surface area contributed by atoms with Gasteiger partial charge in [0.2, 0.25) is 5.75 Å². The SMILES string of the molecule is COCOc1cc([C@H](O)[C@H]2C(=O)OC[C@@H]2Cc2cc(OC)c(OC)c(OC)c2)ccc1OC. The monoisotopic (exact) mass is 462 g/mol. The van der Waals surface area contributed by atoms with Crippen LogP contribution in [0.5, 0.6) is 28.7 Å². The maximum atomic E-state index is 12.6. The number of methoxy groups -OCH3 is 5. The van der Waals surface area contributed by atoms with Crippen LogP contribution in [0.25, 0.3) is 0 Å². The van der Waals surface area contributed by atoms with Gasteiger partial charge in [-0.3, -0.25) is 4.79 Å². The summed E-state index contributed by atoms with van der Waals surface area (Å²) in [6, 6.07) is 8.68. The molecule has 33 heavy (non-hydrogen) atoms.